The van der Waals surface area contributed by atoms with E-state index in [1.807, 2.05) is 0 Å². The first-order chi connectivity index (χ1) is 9.80. The Hall–Kier alpha value is -1.67. The molecular weight excluding hydrogens is 294 g/mol. The van der Waals surface area contributed by atoms with Gasteiger partial charge in [0.2, 0.25) is 0 Å². The van der Waals surface area contributed by atoms with Crippen LogP contribution in [0.2, 0.25) is 0 Å². The fraction of sp³-hybridized carbons (Fsp3) is 0.538. The van der Waals surface area contributed by atoms with Crippen molar-refractivity contribution in [3.8, 4) is 0 Å². The Kier molecular flexibility index (Phi) is 4.48. The van der Waals surface area contributed by atoms with Crippen molar-refractivity contribution in [2.24, 2.45) is 5.73 Å². The van der Waals surface area contributed by atoms with Crippen LogP contribution >= 0.6 is 0 Å². The van der Waals surface area contributed by atoms with E-state index in [1.54, 1.807) is 0 Å². The molecular formula is C13H19N3O4S. The van der Waals surface area contributed by atoms with E-state index in [-0.39, 0.29) is 22.7 Å². The van der Waals surface area contributed by atoms with Gasteiger partial charge in [0.05, 0.1) is 4.92 Å². The van der Waals surface area contributed by atoms with Crippen LogP contribution in [0.1, 0.15) is 25.7 Å². The van der Waals surface area contributed by atoms with Crippen LogP contribution in [0.3, 0.4) is 0 Å². The van der Waals surface area contributed by atoms with E-state index >= 15 is 0 Å². The monoisotopic (exact) mass is 313 g/mol. The third-order valence-electron chi connectivity index (χ3n) is 3.74. The zero-order valence-electron chi connectivity index (χ0n) is 11.8. The minimum atomic E-state index is -3.67. The van der Waals surface area contributed by atoms with Crippen LogP contribution in [0.5, 0.6) is 0 Å². The largest absolute Gasteiger partial charge is 0.375 e. The fourth-order valence-electron chi connectivity index (χ4n) is 2.66. The quantitative estimate of drug-likeness (QED) is 0.645. The highest BCUT2D eigenvalue weighted by molar-refractivity contribution is 7.90. The fourth-order valence-corrected chi connectivity index (χ4v) is 3.53. The van der Waals surface area contributed by atoms with Crippen LogP contribution in [-0.4, -0.2) is 31.7 Å². The van der Waals surface area contributed by atoms with Crippen molar-refractivity contribution in [3.05, 3.63) is 28.3 Å². The number of nitrogens with one attached hydrogen (secondary N) is 1. The molecule has 8 heteroatoms. The average Bonchev–Trinajstić information content (AvgIpc) is 2.40. The summed E-state index contributed by atoms with van der Waals surface area (Å²) in [6.07, 6.45) is 4.69. The lowest BCUT2D eigenvalue weighted by Crippen LogP contribution is -2.42. The number of para-hydroxylation sites is 1. The molecule has 1 aromatic carbocycles. The van der Waals surface area contributed by atoms with Gasteiger partial charge >= 0.3 is 5.69 Å². The number of rotatable bonds is 4. The summed E-state index contributed by atoms with van der Waals surface area (Å²) in [5.41, 5.74) is 5.83. The van der Waals surface area contributed by atoms with Gasteiger partial charge in [-0.3, -0.25) is 10.1 Å². The van der Waals surface area contributed by atoms with Gasteiger partial charge in [-0.15, -0.1) is 0 Å². The number of nitro groups is 1. The van der Waals surface area contributed by atoms with Crippen LogP contribution in [-0.2, 0) is 9.84 Å². The maximum absolute atomic E-state index is 11.7. The highest BCUT2D eigenvalue weighted by Crippen LogP contribution is 2.33. The summed E-state index contributed by atoms with van der Waals surface area (Å²) in [6, 6.07) is 4.11. The number of hydrogen-bond acceptors (Lipinski definition) is 6. The molecule has 7 nitrogen and oxygen atoms in total. The Balaban J connectivity index is 2.41. The normalized spacial score (nSPS) is 22.8. The molecule has 3 N–H and O–H groups in total. The minimum absolute atomic E-state index is 0.0766. The van der Waals surface area contributed by atoms with Gasteiger partial charge < -0.3 is 11.1 Å². The number of nitrogens with zero attached hydrogens (tertiary/aromatic N) is 1. The first kappa shape index (κ1) is 15.7. The summed E-state index contributed by atoms with van der Waals surface area (Å²) in [6.45, 7) is 0. The predicted octanol–water partition coefficient (Wildman–Crippen LogP) is 1.68. The van der Waals surface area contributed by atoms with Crippen molar-refractivity contribution in [1.82, 2.24) is 0 Å². The molecule has 0 heterocycles. The summed E-state index contributed by atoms with van der Waals surface area (Å²) in [5.74, 6) is 0. The summed E-state index contributed by atoms with van der Waals surface area (Å²) < 4.78 is 23.4. The lowest BCUT2D eigenvalue weighted by Gasteiger charge is -2.30. The molecule has 1 aliphatic rings. The molecule has 0 spiro atoms. The Morgan fingerprint density at radius 2 is 2.00 bits per heavy atom. The van der Waals surface area contributed by atoms with Crippen molar-refractivity contribution < 1.29 is 13.3 Å². The molecule has 0 aliphatic heterocycles. The Labute approximate surface area is 123 Å². The van der Waals surface area contributed by atoms with E-state index in [2.05, 4.69) is 5.32 Å². The Morgan fingerprint density at radius 1 is 1.33 bits per heavy atom. The molecule has 116 valence electrons. The van der Waals surface area contributed by atoms with Crippen LogP contribution in [0.25, 0.3) is 0 Å². The lowest BCUT2D eigenvalue weighted by molar-refractivity contribution is -0.386. The maximum atomic E-state index is 11.7. The molecule has 1 fully saturated rings. The van der Waals surface area contributed by atoms with Gasteiger partial charge in [0.25, 0.3) is 0 Å². The second kappa shape index (κ2) is 5.98. The molecule has 0 unspecified atom stereocenters. The van der Waals surface area contributed by atoms with Crippen LogP contribution in [0.15, 0.2) is 23.1 Å². The van der Waals surface area contributed by atoms with E-state index in [0.29, 0.717) is 0 Å². The number of anilines is 1. The molecule has 0 amide bonds. The van der Waals surface area contributed by atoms with Crippen LogP contribution < -0.4 is 11.1 Å². The summed E-state index contributed by atoms with van der Waals surface area (Å²) in [5, 5.41) is 14.3. The minimum Gasteiger partial charge on any atom is -0.375 e. The van der Waals surface area contributed by atoms with Gasteiger partial charge in [-0.05, 0) is 25.0 Å². The molecule has 0 radical (unpaired) electrons. The highest BCUT2D eigenvalue weighted by Gasteiger charge is 2.29. The number of sulfone groups is 1. The zero-order valence-corrected chi connectivity index (χ0v) is 12.6. The molecule has 1 aliphatic carbocycles. The number of nitrogens with two attached hydrogens (primary N) is 1. The molecule has 2 atom stereocenters. The number of nitro benzene ring substituents is 1. The second-order valence-electron chi connectivity index (χ2n) is 5.38. The van der Waals surface area contributed by atoms with Gasteiger partial charge in [0, 0.05) is 18.3 Å². The predicted molar refractivity (Wildman–Crippen MR) is 80.1 cm³/mol. The number of benzene rings is 1. The second-order valence-corrected chi connectivity index (χ2v) is 7.36. The first-order valence-corrected chi connectivity index (χ1v) is 8.69. The van der Waals surface area contributed by atoms with Crippen molar-refractivity contribution in [1.29, 1.82) is 0 Å². The first-order valence-electron chi connectivity index (χ1n) is 6.80. The van der Waals surface area contributed by atoms with Crippen molar-refractivity contribution in [2.75, 3.05) is 11.6 Å². The van der Waals surface area contributed by atoms with Gasteiger partial charge in [0.1, 0.15) is 10.6 Å². The maximum Gasteiger partial charge on any atom is 0.310 e. The topological polar surface area (TPSA) is 115 Å². The molecule has 0 aromatic heterocycles. The summed E-state index contributed by atoms with van der Waals surface area (Å²) in [4.78, 5) is 10.3. The highest BCUT2D eigenvalue weighted by atomic mass is 32.2. The average molecular weight is 313 g/mol. The zero-order chi connectivity index (χ0) is 15.6. The van der Waals surface area contributed by atoms with Crippen LogP contribution in [0, 0.1) is 10.1 Å². The van der Waals surface area contributed by atoms with E-state index in [4.69, 9.17) is 5.73 Å². The Morgan fingerprint density at radius 3 is 2.57 bits per heavy atom. The lowest BCUT2D eigenvalue weighted by atomic mass is 9.91. The van der Waals surface area contributed by atoms with Crippen LogP contribution in [0.4, 0.5) is 11.4 Å². The van der Waals surface area contributed by atoms with Gasteiger partial charge in [-0.2, -0.15) is 0 Å². The smallest absolute Gasteiger partial charge is 0.310 e. The molecule has 21 heavy (non-hydrogen) atoms. The van der Waals surface area contributed by atoms with Gasteiger partial charge in [-0.25, -0.2) is 8.42 Å². The summed E-state index contributed by atoms with van der Waals surface area (Å²) in [7, 11) is -3.67. The van der Waals surface area contributed by atoms with Gasteiger partial charge in [-0.1, -0.05) is 18.9 Å². The third-order valence-corrected chi connectivity index (χ3v) is 4.87. The number of hydrogen-bond donors (Lipinski definition) is 2. The standard InChI is InChI=1S/C13H19N3O4S/c1-21(19,20)12-8-4-7-11(13(12)16(17)18)15-10-6-3-2-5-9(10)14/h4,7-10,15H,2-3,5-6,14H2,1H3/t9-,10-/m1/s1. The van der Waals surface area contributed by atoms with E-state index in [0.717, 1.165) is 31.9 Å². The summed E-state index contributed by atoms with van der Waals surface area (Å²) >= 11 is 0. The van der Waals surface area contributed by atoms with E-state index < -0.39 is 20.4 Å². The third kappa shape index (κ3) is 3.51. The van der Waals surface area contributed by atoms with Gasteiger partial charge in [0.15, 0.2) is 9.84 Å². The van der Waals surface area contributed by atoms with Crippen molar-refractivity contribution in [3.63, 3.8) is 0 Å². The van der Waals surface area contributed by atoms with E-state index in [1.165, 1.54) is 18.2 Å². The SMILES string of the molecule is CS(=O)(=O)c1cccc(N[C@@H]2CCCC[C@H]2N)c1[N+](=O)[O-]. The van der Waals surface area contributed by atoms with Crippen molar-refractivity contribution >= 4 is 21.2 Å². The molecule has 2 rings (SSSR count). The Bertz CT molecular complexity index is 645. The molecule has 0 bridgehead atoms. The molecule has 0 saturated heterocycles. The molecule has 1 aromatic rings. The molecule has 1 saturated carbocycles. The van der Waals surface area contributed by atoms with E-state index in [9.17, 15) is 18.5 Å². The van der Waals surface area contributed by atoms with Crippen molar-refractivity contribution in [2.45, 2.75) is 42.7 Å².